The zero-order valence-corrected chi connectivity index (χ0v) is 28.9. The first-order valence-corrected chi connectivity index (χ1v) is 16.7. The minimum absolute atomic E-state index is 0.0829. The fraction of sp³-hybridized carbons (Fsp3) is 0.242. The Balaban J connectivity index is 1.61. The molecule has 0 saturated heterocycles. The zero-order valence-electron chi connectivity index (χ0n) is 28.1. The third-order valence-electron chi connectivity index (χ3n) is 7.73. The maximum absolute atomic E-state index is 14.0. The number of pyridine rings is 2. The largest absolute Gasteiger partial charge is 0.330 e. The second-order valence-electron chi connectivity index (χ2n) is 11.7. The van der Waals surface area contributed by atoms with Gasteiger partial charge in [0, 0.05) is 71.3 Å². The van der Waals surface area contributed by atoms with Gasteiger partial charge in [-0.3, -0.25) is 19.2 Å². The summed E-state index contributed by atoms with van der Waals surface area (Å²) in [6.45, 7) is 0. The molecule has 19 heteroatoms. The Morgan fingerprint density at radius 2 is 1.06 bits per heavy atom. The van der Waals surface area contributed by atoms with E-state index in [0.29, 0.717) is 12.1 Å². The van der Waals surface area contributed by atoms with Gasteiger partial charge in [0.25, 0.3) is 0 Å². The van der Waals surface area contributed by atoms with E-state index in [1.54, 1.807) is 4.72 Å². The summed E-state index contributed by atoms with van der Waals surface area (Å²) in [4.78, 5) is 66.1. The number of rotatable bonds is 12. The summed E-state index contributed by atoms with van der Waals surface area (Å²) in [7, 11) is 0.342. The molecule has 0 aliphatic carbocycles. The van der Waals surface area contributed by atoms with Crippen LogP contribution in [0.5, 0.6) is 0 Å². The Morgan fingerprint density at radius 1 is 0.673 bits per heavy atom. The van der Waals surface area contributed by atoms with Gasteiger partial charge in [-0.15, -0.1) is 0 Å². The van der Waals surface area contributed by atoms with Crippen LogP contribution in [-0.2, 0) is 46.7 Å². The molecule has 0 bridgehead atoms. The summed E-state index contributed by atoms with van der Waals surface area (Å²) >= 11 is 0. The van der Waals surface area contributed by atoms with Gasteiger partial charge in [-0.05, 0) is 53.9 Å². The molecule has 4 aromatic rings. The summed E-state index contributed by atoms with van der Waals surface area (Å²) in [5.41, 5.74) is -0.702. The number of benzene rings is 2. The molecule has 0 aliphatic rings. The minimum Gasteiger partial charge on any atom is -0.325 e. The van der Waals surface area contributed by atoms with Crippen molar-refractivity contribution >= 4 is 39.4 Å². The summed E-state index contributed by atoms with van der Waals surface area (Å²) in [6.07, 6.45) is 1.46. The van der Waals surface area contributed by atoms with Crippen molar-refractivity contribution < 1.29 is 40.4 Å². The van der Waals surface area contributed by atoms with Crippen molar-refractivity contribution in [2.45, 2.75) is 24.9 Å². The van der Waals surface area contributed by atoms with Crippen LogP contribution in [0.3, 0.4) is 0 Å². The number of aromatic nitrogens is 2. The number of aryl methyl sites for hydroxylation is 2. The number of carbonyl (C=O) groups excluding carboxylic acids is 3. The molecule has 14 nitrogen and oxygen atoms in total. The van der Waals surface area contributed by atoms with Crippen molar-refractivity contribution in [1.29, 1.82) is 0 Å². The molecule has 2 aromatic carbocycles. The highest BCUT2D eigenvalue weighted by molar-refractivity contribution is 7.88. The molecule has 4 rings (SSSR count). The van der Waals surface area contributed by atoms with Crippen LogP contribution < -0.4 is 35.7 Å². The fourth-order valence-electron chi connectivity index (χ4n) is 5.11. The highest BCUT2D eigenvalue weighted by Gasteiger charge is 2.32. The standard InChI is InChI=1S/C33H33F4N7O7S/c1-41-17-25(5-7-29(41)45)43(3)31(47)27(13-19-9-21(34)15-22(35)10-19)38-33(49)40-52(50,51)39-28(14-20-11-23(36)16-24(37)12-20)32(48)44(4)26-6-8-30(46)42(2)18-26/h5-12,15-18,27-28,39H,13-14H2,1-4H3,(H2,38,40,49)/t27-,28-/m0/s1. The van der Waals surface area contributed by atoms with E-state index in [-0.39, 0.29) is 22.5 Å². The van der Waals surface area contributed by atoms with Gasteiger partial charge in [-0.2, -0.15) is 13.1 Å². The van der Waals surface area contributed by atoms with Crippen molar-refractivity contribution in [2.75, 3.05) is 23.9 Å². The van der Waals surface area contributed by atoms with Gasteiger partial charge in [0.2, 0.25) is 22.9 Å². The number of hydrogen-bond acceptors (Lipinski definition) is 7. The first-order valence-electron chi connectivity index (χ1n) is 15.2. The van der Waals surface area contributed by atoms with E-state index in [1.165, 1.54) is 63.4 Å². The van der Waals surface area contributed by atoms with Crippen molar-refractivity contribution in [3.63, 3.8) is 0 Å². The van der Waals surface area contributed by atoms with Gasteiger partial charge in [-0.25, -0.2) is 27.1 Å². The fourth-order valence-corrected chi connectivity index (χ4v) is 6.03. The van der Waals surface area contributed by atoms with E-state index >= 15 is 0 Å². The van der Waals surface area contributed by atoms with Crippen LogP contribution in [0.4, 0.5) is 33.7 Å². The Hall–Kier alpha value is -5.82. The molecule has 0 unspecified atom stereocenters. The van der Waals surface area contributed by atoms with Crippen LogP contribution in [0.15, 0.2) is 82.6 Å². The highest BCUT2D eigenvalue weighted by atomic mass is 32.2. The maximum atomic E-state index is 14.0. The Labute approximate surface area is 294 Å². The molecule has 52 heavy (non-hydrogen) atoms. The zero-order chi connectivity index (χ0) is 38.5. The number of nitrogens with zero attached hydrogens (tertiary/aromatic N) is 4. The second kappa shape index (κ2) is 16.0. The lowest BCUT2D eigenvalue weighted by Gasteiger charge is -2.26. The minimum atomic E-state index is -5.02. The van der Waals surface area contributed by atoms with Crippen LogP contribution >= 0.6 is 0 Å². The van der Waals surface area contributed by atoms with Gasteiger partial charge in [0.1, 0.15) is 35.4 Å². The molecule has 2 aromatic heterocycles. The Bertz CT molecular complexity index is 2210. The third-order valence-corrected chi connectivity index (χ3v) is 8.78. The molecule has 2 atom stereocenters. The quantitative estimate of drug-likeness (QED) is 0.185. The molecule has 276 valence electrons. The molecular formula is C33H33F4N7O7S. The van der Waals surface area contributed by atoms with E-state index in [9.17, 15) is 50.0 Å². The molecule has 0 fully saturated rings. The van der Waals surface area contributed by atoms with Gasteiger partial charge in [0.15, 0.2) is 0 Å². The van der Waals surface area contributed by atoms with Gasteiger partial charge >= 0.3 is 16.2 Å². The number of halogens is 4. The third kappa shape index (κ3) is 10.1. The van der Waals surface area contributed by atoms with Crippen LogP contribution in [0.1, 0.15) is 11.1 Å². The van der Waals surface area contributed by atoms with Crippen molar-refractivity contribution in [2.24, 2.45) is 14.1 Å². The molecular weight excluding hydrogens is 714 g/mol. The van der Waals surface area contributed by atoms with Gasteiger partial charge in [-0.1, -0.05) is 0 Å². The van der Waals surface area contributed by atoms with Crippen LogP contribution in [0.25, 0.3) is 0 Å². The molecule has 0 radical (unpaired) electrons. The lowest BCUT2D eigenvalue weighted by Crippen LogP contribution is -2.57. The average molecular weight is 748 g/mol. The lowest BCUT2D eigenvalue weighted by atomic mass is 10.0. The molecule has 0 spiro atoms. The molecule has 0 saturated carbocycles. The highest BCUT2D eigenvalue weighted by Crippen LogP contribution is 2.17. The summed E-state index contributed by atoms with van der Waals surface area (Å²) < 4.78 is 88.6. The average Bonchev–Trinajstić information content (AvgIpc) is 3.04. The topological polar surface area (TPSA) is 172 Å². The molecule has 2 heterocycles. The number of hydrogen-bond donors (Lipinski definition) is 3. The molecule has 0 aliphatic heterocycles. The summed E-state index contributed by atoms with van der Waals surface area (Å²) in [5, 5.41) is 2.16. The number of anilines is 2. The number of nitrogens with one attached hydrogen (secondary N) is 3. The number of urea groups is 1. The number of likely N-dealkylation sites (N-methyl/N-ethyl adjacent to an activating group) is 2. The van der Waals surface area contributed by atoms with E-state index in [0.717, 1.165) is 44.7 Å². The van der Waals surface area contributed by atoms with E-state index in [1.807, 2.05) is 4.72 Å². The predicted octanol–water partition coefficient (Wildman–Crippen LogP) is 1.62. The van der Waals surface area contributed by atoms with Crippen molar-refractivity contribution in [3.05, 3.63) is 128 Å². The number of carbonyl (C=O) groups is 3. The van der Waals surface area contributed by atoms with Crippen LogP contribution in [0, 0.1) is 23.3 Å². The maximum Gasteiger partial charge on any atom is 0.330 e. The van der Waals surface area contributed by atoms with E-state index < -0.39 is 87.4 Å². The van der Waals surface area contributed by atoms with Crippen molar-refractivity contribution in [3.8, 4) is 0 Å². The Kier molecular flexibility index (Phi) is 12.0. The smallest absolute Gasteiger partial charge is 0.325 e. The monoisotopic (exact) mass is 747 g/mol. The van der Waals surface area contributed by atoms with Crippen molar-refractivity contribution in [1.82, 2.24) is 23.9 Å². The van der Waals surface area contributed by atoms with E-state index in [4.69, 9.17) is 0 Å². The predicted molar refractivity (Wildman–Crippen MR) is 182 cm³/mol. The summed E-state index contributed by atoms with van der Waals surface area (Å²) in [5.74, 6) is -5.84. The Morgan fingerprint density at radius 3 is 1.46 bits per heavy atom. The second-order valence-corrected chi connectivity index (χ2v) is 13.2. The number of amides is 4. The van der Waals surface area contributed by atoms with E-state index in [2.05, 4.69) is 5.32 Å². The lowest BCUT2D eigenvalue weighted by molar-refractivity contribution is -0.120. The van der Waals surface area contributed by atoms with Gasteiger partial charge in [0.05, 0.1) is 11.4 Å². The van der Waals surface area contributed by atoms with Gasteiger partial charge < -0.3 is 24.3 Å². The first kappa shape index (κ1) is 39.0. The first-order chi connectivity index (χ1) is 24.3. The summed E-state index contributed by atoms with van der Waals surface area (Å²) in [6, 6.07) is 4.66. The molecule has 3 N–H and O–H groups in total. The normalized spacial score (nSPS) is 12.5. The van der Waals surface area contributed by atoms with Crippen LogP contribution in [0.2, 0.25) is 0 Å². The SMILES string of the molecule is CN(C(=O)[C@H](Cc1cc(F)cc(F)c1)NC(=O)NS(=O)(=O)N[C@@H](Cc1cc(F)cc(F)c1)C(=O)N(C)c1ccc(=O)n(C)c1)c1ccc(=O)n(C)c1. The molecule has 4 amide bonds. The van der Waals surface area contributed by atoms with Crippen LogP contribution in [-0.4, -0.2) is 61.6 Å².